The molecule has 0 spiro atoms. The summed E-state index contributed by atoms with van der Waals surface area (Å²) < 4.78 is 7.61. The standard InChI is InChI=1S/C17H17ClN4O/c1-11-9-23-10-15(20-11)13-6-14(21-16(18)7-13)12-2-4-22-5-3-19-17(22)8-12/h2-8,11,15,20H,9-10H2,1H3/t11-,15+/m1/s1. The third-order valence-electron chi connectivity index (χ3n) is 4.05. The van der Waals surface area contributed by atoms with Crippen LogP contribution in [0.25, 0.3) is 16.9 Å². The van der Waals surface area contributed by atoms with Crippen LogP contribution >= 0.6 is 11.6 Å². The second-order valence-corrected chi connectivity index (χ2v) is 6.26. The van der Waals surface area contributed by atoms with Gasteiger partial charge >= 0.3 is 0 Å². The molecule has 0 aromatic carbocycles. The highest BCUT2D eigenvalue weighted by molar-refractivity contribution is 6.29. The maximum Gasteiger partial charge on any atom is 0.137 e. The molecule has 6 heteroatoms. The summed E-state index contributed by atoms with van der Waals surface area (Å²) in [6.45, 7) is 3.49. The Morgan fingerprint density at radius 3 is 3.04 bits per heavy atom. The summed E-state index contributed by atoms with van der Waals surface area (Å²) in [7, 11) is 0. The molecule has 3 aromatic rings. The highest BCUT2D eigenvalue weighted by Gasteiger charge is 2.21. The van der Waals surface area contributed by atoms with E-state index in [1.54, 1.807) is 6.20 Å². The van der Waals surface area contributed by atoms with Crippen molar-refractivity contribution in [3.63, 3.8) is 0 Å². The summed E-state index contributed by atoms with van der Waals surface area (Å²) in [5.41, 5.74) is 3.82. The van der Waals surface area contributed by atoms with Crippen LogP contribution < -0.4 is 5.32 Å². The minimum atomic E-state index is 0.133. The minimum absolute atomic E-state index is 0.133. The van der Waals surface area contributed by atoms with Crippen molar-refractivity contribution in [3.8, 4) is 11.3 Å². The van der Waals surface area contributed by atoms with Crippen molar-refractivity contribution < 1.29 is 4.74 Å². The molecule has 118 valence electrons. The fraction of sp³-hybridized carbons (Fsp3) is 0.294. The van der Waals surface area contributed by atoms with Gasteiger partial charge in [0.15, 0.2) is 0 Å². The van der Waals surface area contributed by atoms with E-state index in [9.17, 15) is 0 Å². The van der Waals surface area contributed by atoms with E-state index in [2.05, 4.69) is 28.3 Å². The molecule has 1 saturated heterocycles. The van der Waals surface area contributed by atoms with Crippen LogP contribution in [0.3, 0.4) is 0 Å². The van der Waals surface area contributed by atoms with Gasteiger partial charge < -0.3 is 14.5 Å². The van der Waals surface area contributed by atoms with Gasteiger partial charge in [-0.1, -0.05) is 11.6 Å². The number of pyridine rings is 2. The summed E-state index contributed by atoms with van der Waals surface area (Å²) in [6, 6.07) is 8.46. The van der Waals surface area contributed by atoms with Crippen molar-refractivity contribution in [1.82, 2.24) is 19.7 Å². The second kappa shape index (κ2) is 5.92. The van der Waals surface area contributed by atoms with Crippen molar-refractivity contribution in [3.05, 3.63) is 53.6 Å². The molecular weight excluding hydrogens is 312 g/mol. The number of nitrogens with one attached hydrogen (secondary N) is 1. The van der Waals surface area contributed by atoms with Crippen LogP contribution in [0.4, 0.5) is 0 Å². The lowest BCUT2D eigenvalue weighted by atomic mass is 10.0. The van der Waals surface area contributed by atoms with Gasteiger partial charge in [0.1, 0.15) is 10.8 Å². The molecule has 5 nitrogen and oxygen atoms in total. The van der Waals surface area contributed by atoms with Crippen LogP contribution in [0.1, 0.15) is 18.5 Å². The Bertz CT molecular complexity index is 847. The number of halogens is 1. The van der Waals surface area contributed by atoms with E-state index in [4.69, 9.17) is 16.3 Å². The van der Waals surface area contributed by atoms with Crippen molar-refractivity contribution in [2.45, 2.75) is 19.0 Å². The number of fused-ring (bicyclic) bond motifs is 1. The molecule has 1 fully saturated rings. The number of hydrogen-bond acceptors (Lipinski definition) is 4. The maximum atomic E-state index is 6.25. The molecule has 0 radical (unpaired) electrons. The Morgan fingerprint density at radius 1 is 1.26 bits per heavy atom. The highest BCUT2D eigenvalue weighted by Crippen LogP contribution is 2.26. The third kappa shape index (κ3) is 2.95. The number of aromatic nitrogens is 3. The molecule has 0 amide bonds. The zero-order valence-corrected chi connectivity index (χ0v) is 13.5. The largest absolute Gasteiger partial charge is 0.378 e. The summed E-state index contributed by atoms with van der Waals surface area (Å²) in [4.78, 5) is 8.79. The number of ether oxygens (including phenoxy) is 1. The van der Waals surface area contributed by atoms with Crippen molar-refractivity contribution >= 4 is 17.2 Å². The van der Waals surface area contributed by atoms with Crippen LogP contribution in [0.2, 0.25) is 5.15 Å². The molecule has 0 unspecified atom stereocenters. The van der Waals surface area contributed by atoms with Gasteiger partial charge in [0.05, 0.1) is 24.9 Å². The summed E-state index contributed by atoms with van der Waals surface area (Å²) in [5.74, 6) is 0. The second-order valence-electron chi connectivity index (χ2n) is 5.87. The first kappa shape index (κ1) is 14.6. The lowest BCUT2D eigenvalue weighted by molar-refractivity contribution is 0.0504. The van der Waals surface area contributed by atoms with E-state index in [0.29, 0.717) is 17.8 Å². The Hall–Kier alpha value is -1.95. The van der Waals surface area contributed by atoms with Gasteiger partial charge in [-0.15, -0.1) is 0 Å². The average molecular weight is 329 g/mol. The average Bonchev–Trinajstić information content (AvgIpc) is 3.02. The maximum absolute atomic E-state index is 6.25. The van der Waals surface area contributed by atoms with Gasteiger partial charge in [0.2, 0.25) is 0 Å². The minimum Gasteiger partial charge on any atom is -0.378 e. The van der Waals surface area contributed by atoms with Gasteiger partial charge in [-0.25, -0.2) is 9.97 Å². The van der Waals surface area contributed by atoms with Crippen LogP contribution in [0.15, 0.2) is 42.9 Å². The number of rotatable bonds is 2. The Balaban J connectivity index is 1.73. The molecule has 4 rings (SSSR count). The van der Waals surface area contributed by atoms with E-state index >= 15 is 0 Å². The topological polar surface area (TPSA) is 51.5 Å². The van der Waals surface area contributed by atoms with Crippen molar-refractivity contribution in [1.29, 1.82) is 0 Å². The van der Waals surface area contributed by atoms with E-state index in [0.717, 1.165) is 29.1 Å². The Kier molecular flexibility index (Phi) is 3.77. The molecule has 1 aliphatic rings. The molecule has 0 aliphatic carbocycles. The summed E-state index contributed by atoms with van der Waals surface area (Å²) >= 11 is 6.25. The van der Waals surface area contributed by atoms with Gasteiger partial charge in [0.25, 0.3) is 0 Å². The van der Waals surface area contributed by atoms with Crippen molar-refractivity contribution in [2.24, 2.45) is 0 Å². The first-order valence-corrected chi connectivity index (χ1v) is 8.01. The van der Waals surface area contributed by atoms with Gasteiger partial charge in [-0.3, -0.25) is 0 Å². The first-order chi connectivity index (χ1) is 11.2. The SMILES string of the molecule is C[C@@H]1COC[C@@H](c2cc(Cl)nc(-c3ccn4ccnc4c3)c2)N1. The van der Waals surface area contributed by atoms with E-state index < -0.39 is 0 Å². The van der Waals surface area contributed by atoms with E-state index in [1.807, 2.05) is 35.0 Å². The summed E-state index contributed by atoms with van der Waals surface area (Å²) in [6.07, 6.45) is 5.67. The molecular formula is C17H17ClN4O. The van der Waals surface area contributed by atoms with E-state index in [1.165, 1.54) is 0 Å². The Labute approximate surface area is 139 Å². The van der Waals surface area contributed by atoms with Crippen LogP contribution in [0.5, 0.6) is 0 Å². The molecule has 23 heavy (non-hydrogen) atoms. The van der Waals surface area contributed by atoms with E-state index in [-0.39, 0.29) is 6.04 Å². The number of imidazole rings is 1. The fourth-order valence-electron chi connectivity index (χ4n) is 2.93. The van der Waals surface area contributed by atoms with Crippen LogP contribution in [-0.4, -0.2) is 33.6 Å². The molecule has 4 heterocycles. The lowest BCUT2D eigenvalue weighted by Gasteiger charge is -2.29. The smallest absolute Gasteiger partial charge is 0.137 e. The molecule has 1 N–H and O–H groups in total. The number of morpholine rings is 1. The normalized spacial score (nSPS) is 21.7. The Morgan fingerprint density at radius 2 is 2.17 bits per heavy atom. The predicted molar refractivity (Wildman–Crippen MR) is 89.6 cm³/mol. The zero-order chi connectivity index (χ0) is 15.8. The number of nitrogens with zero attached hydrogens (tertiary/aromatic N) is 3. The first-order valence-electron chi connectivity index (χ1n) is 7.63. The van der Waals surface area contributed by atoms with Gasteiger partial charge in [-0.2, -0.15) is 0 Å². The quantitative estimate of drug-likeness (QED) is 0.734. The third-order valence-corrected chi connectivity index (χ3v) is 4.24. The highest BCUT2D eigenvalue weighted by atomic mass is 35.5. The molecule has 1 aliphatic heterocycles. The number of hydrogen-bond donors (Lipinski definition) is 1. The van der Waals surface area contributed by atoms with Crippen molar-refractivity contribution in [2.75, 3.05) is 13.2 Å². The van der Waals surface area contributed by atoms with Crippen LogP contribution in [0, 0.1) is 0 Å². The monoisotopic (exact) mass is 328 g/mol. The van der Waals surface area contributed by atoms with Gasteiger partial charge in [0, 0.05) is 30.2 Å². The predicted octanol–water partition coefficient (Wildman–Crippen LogP) is 3.10. The van der Waals surface area contributed by atoms with Gasteiger partial charge in [-0.05, 0) is 36.8 Å². The zero-order valence-electron chi connectivity index (χ0n) is 12.7. The molecule has 0 saturated carbocycles. The molecule has 0 bridgehead atoms. The lowest BCUT2D eigenvalue weighted by Crippen LogP contribution is -2.41. The summed E-state index contributed by atoms with van der Waals surface area (Å²) in [5, 5.41) is 4.02. The molecule has 3 aromatic heterocycles. The van der Waals surface area contributed by atoms with Crippen LogP contribution in [-0.2, 0) is 4.74 Å². The molecule has 2 atom stereocenters. The fourth-order valence-corrected chi connectivity index (χ4v) is 3.15.